The van der Waals surface area contributed by atoms with Gasteiger partial charge in [-0.2, -0.15) is 0 Å². The summed E-state index contributed by atoms with van der Waals surface area (Å²) in [6.07, 6.45) is 5.41. The third-order valence-electron chi connectivity index (χ3n) is 3.11. The third-order valence-corrected chi connectivity index (χ3v) is 3.39. The Balaban J connectivity index is 2.81. The molecule has 1 unspecified atom stereocenters. The van der Waals surface area contributed by atoms with Crippen molar-refractivity contribution in [1.29, 1.82) is 0 Å². The summed E-state index contributed by atoms with van der Waals surface area (Å²) in [4.78, 5) is 0. The molecule has 3 nitrogen and oxygen atoms in total. The van der Waals surface area contributed by atoms with Crippen LogP contribution in [0.1, 0.15) is 31.7 Å². The summed E-state index contributed by atoms with van der Waals surface area (Å²) in [5.74, 6) is 1.27. The van der Waals surface area contributed by atoms with E-state index >= 15 is 0 Å². The SMILES string of the molecule is C=CCCCOc1c(Cl)cc(CC(N)CC)cc1OC. The predicted octanol–water partition coefficient (Wildman–Crippen LogP) is 3.97. The van der Waals surface area contributed by atoms with Crippen molar-refractivity contribution in [1.82, 2.24) is 0 Å². The minimum atomic E-state index is 0.134. The second-order valence-electron chi connectivity index (χ2n) is 4.76. The number of halogens is 1. The van der Waals surface area contributed by atoms with Crippen molar-refractivity contribution < 1.29 is 9.47 Å². The number of rotatable bonds is 9. The van der Waals surface area contributed by atoms with E-state index in [2.05, 4.69) is 13.5 Å². The maximum absolute atomic E-state index is 6.29. The molecule has 0 saturated heterocycles. The zero-order chi connectivity index (χ0) is 15.0. The van der Waals surface area contributed by atoms with E-state index in [0.29, 0.717) is 23.1 Å². The maximum atomic E-state index is 6.29. The van der Waals surface area contributed by atoms with E-state index in [9.17, 15) is 0 Å². The number of ether oxygens (including phenoxy) is 2. The number of methoxy groups -OCH3 is 1. The molecule has 4 heteroatoms. The summed E-state index contributed by atoms with van der Waals surface area (Å²) in [6.45, 7) is 6.35. The van der Waals surface area contributed by atoms with Crippen LogP contribution in [-0.4, -0.2) is 19.8 Å². The van der Waals surface area contributed by atoms with Crippen LogP contribution >= 0.6 is 11.6 Å². The minimum Gasteiger partial charge on any atom is -0.493 e. The molecule has 0 heterocycles. The topological polar surface area (TPSA) is 44.5 Å². The Kier molecular flexibility index (Phi) is 7.48. The Bertz CT molecular complexity index is 435. The summed E-state index contributed by atoms with van der Waals surface area (Å²) >= 11 is 6.29. The first-order valence-corrected chi connectivity index (χ1v) is 7.35. The van der Waals surface area contributed by atoms with Gasteiger partial charge in [-0.1, -0.05) is 24.6 Å². The highest BCUT2D eigenvalue weighted by Gasteiger charge is 2.13. The zero-order valence-corrected chi connectivity index (χ0v) is 13.1. The molecule has 1 rings (SSSR count). The molecule has 0 radical (unpaired) electrons. The summed E-state index contributed by atoms with van der Waals surface area (Å²) in [5.41, 5.74) is 7.04. The molecule has 0 amide bonds. The first kappa shape index (κ1) is 16.9. The minimum absolute atomic E-state index is 0.134. The quantitative estimate of drug-likeness (QED) is 0.554. The highest BCUT2D eigenvalue weighted by atomic mass is 35.5. The van der Waals surface area contributed by atoms with Crippen molar-refractivity contribution in [2.45, 2.75) is 38.6 Å². The molecule has 1 aromatic rings. The fraction of sp³-hybridized carbons (Fsp3) is 0.500. The molecule has 0 aromatic heterocycles. The average Bonchev–Trinajstić information content (AvgIpc) is 2.44. The van der Waals surface area contributed by atoms with Crippen LogP contribution in [0.3, 0.4) is 0 Å². The predicted molar refractivity (Wildman–Crippen MR) is 84.9 cm³/mol. The molecule has 1 atom stereocenters. The first-order chi connectivity index (χ1) is 9.62. The number of nitrogens with two attached hydrogens (primary N) is 1. The molecule has 0 bridgehead atoms. The van der Waals surface area contributed by atoms with E-state index in [1.807, 2.05) is 18.2 Å². The first-order valence-electron chi connectivity index (χ1n) is 6.98. The van der Waals surface area contributed by atoms with Crippen LogP contribution in [-0.2, 0) is 6.42 Å². The van der Waals surface area contributed by atoms with Crippen molar-refractivity contribution >= 4 is 11.6 Å². The van der Waals surface area contributed by atoms with Crippen LogP contribution in [0, 0.1) is 0 Å². The Hall–Kier alpha value is -1.19. The van der Waals surface area contributed by atoms with Crippen LogP contribution in [0.25, 0.3) is 0 Å². The molecule has 0 aliphatic rings. The van der Waals surface area contributed by atoms with Crippen LogP contribution in [0.4, 0.5) is 0 Å². The molecule has 2 N–H and O–H groups in total. The van der Waals surface area contributed by atoms with Crippen molar-refractivity contribution in [2.75, 3.05) is 13.7 Å². The molecule has 20 heavy (non-hydrogen) atoms. The van der Waals surface area contributed by atoms with Crippen molar-refractivity contribution in [3.63, 3.8) is 0 Å². The van der Waals surface area contributed by atoms with Crippen molar-refractivity contribution in [3.8, 4) is 11.5 Å². The maximum Gasteiger partial charge on any atom is 0.179 e. The summed E-state index contributed by atoms with van der Waals surface area (Å²) in [6, 6.07) is 3.99. The Morgan fingerprint density at radius 1 is 1.45 bits per heavy atom. The number of unbranched alkanes of at least 4 members (excludes halogenated alkanes) is 1. The van der Waals surface area contributed by atoms with Crippen molar-refractivity contribution in [3.05, 3.63) is 35.4 Å². The fourth-order valence-corrected chi connectivity index (χ4v) is 2.17. The van der Waals surface area contributed by atoms with Gasteiger partial charge >= 0.3 is 0 Å². The van der Waals surface area contributed by atoms with Gasteiger partial charge in [0.1, 0.15) is 0 Å². The number of hydrogen-bond donors (Lipinski definition) is 1. The van der Waals surface area contributed by atoms with Gasteiger partial charge in [0.2, 0.25) is 0 Å². The van der Waals surface area contributed by atoms with E-state index in [0.717, 1.165) is 31.2 Å². The van der Waals surface area contributed by atoms with Crippen LogP contribution < -0.4 is 15.2 Å². The third kappa shape index (κ3) is 5.06. The lowest BCUT2D eigenvalue weighted by Gasteiger charge is -2.15. The van der Waals surface area contributed by atoms with Crippen molar-refractivity contribution in [2.24, 2.45) is 5.73 Å². The van der Waals surface area contributed by atoms with Crippen LogP contribution in [0.2, 0.25) is 5.02 Å². The molecular weight excluding hydrogens is 274 g/mol. The van der Waals surface area contributed by atoms with Gasteiger partial charge in [0.25, 0.3) is 0 Å². The van der Waals surface area contributed by atoms with Gasteiger partial charge in [-0.15, -0.1) is 6.58 Å². The molecule has 0 aliphatic heterocycles. The van der Waals surface area contributed by atoms with Gasteiger partial charge in [-0.25, -0.2) is 0 Å². The second kappa shape index (κ2) is 8.88. The van der Waals surface area contributed by atoms with Gasteiger partial charge in [0.15, 0.2) is 11.5 Å². The highest BCUT2D eigenvalue weighted by molar-refractivity contribution is 6.32. The summed E-state index contributed by atoms with van der Waals surface area (Å²) in [5, 5.41) is 0.571. The normalized spacial score (nSPS) is 12.0. The second-order valence-corrected chi connectivity index (χ2v) is 5.17. The highest BCUT2D eigenvalue weighted by Crippen LogP contribution is 2.36. The van der Waals surface area contributed by atoms with Gasteiger partial charge < -0.3 is 15.2 Å². The lowest BCUT2D eigenvalue weighted by molar-refractivity contribution is 0.290. The van der Waals surface area contributed by atoms with E-state index in [-0.39, 0.29) is 6.04 Å². The largest absolute Gasteiger partial charge is 0.493 e. The molecule has 112 valence electrons. The molecule has 0 fully saturated rings. The molecule has 0 saturated carbocycles. The Morgan fingerprint density at radius 3 is 2.80 bits per heavy atom. The average molecular weight is 298 g/mol. The monoisotopic (exact) mass is 297 g/mol. The van der Waals surface area contributed by atoms with Crippen LogP contribution in [0.15, 0.2) is 24.8 Å². The summed E-state index contributed by atoms with van der Waals surface area (Å²) < 4.78 is 11.1. The van der Waals surface area contributed by atoms with Gasteiger partial charge in [0, 0.05) is 6.04 Å². The molecule has 1 aromatic carbocycles. The Morgan fingerprint density at radius 2 is 2.20 bits per heavy atom. The fourth-order valence-electron chi connectivity index (χ4n) is 1.88. The zero-order valence-electron chi connectivity index (χ0n) is 12.3. The van der Waals surface area contributed by atoms with E-state index < -0.39 is 0 Å². The van der Waals surface area contributed by atoms with Gasteiger partial charge in [-0.3, -0.25) is 0 Å². The van der Waals surface area contributed by atoms with E-state index in [1.165, 1.54) is 0 Å². The summed E-state index contributed by atoms with van der Waals surface area (Å²) in [7, 11) is 1.62. The van der Waals surface area contributed by atoms with Gasteiger partial charge in [-0.05, 0) is 43.4 Å². The van der Waals surface area contributed by atoms with E-state index in [4.69, 9.17) is 26.8 Å². The smallest absolute Gasteiger partial charge is 0.179 e. The Labute approximate surface area is 126 Å². The number of hydrogen-bond acceptors (Lipinski definition) is 3. The van der Waals surface area contributed by atoms with Gasteiger partial charge in [0.05, 0.1) is 18.7 Å². The molecular formula is C16H24ClNO2. The lowest BCUT2D eigenvalue weighted by atomic mass is 10.0. The standard InChI is InChI=1S/C16H24ClNO2/c1-4-6-7-8-20-16-14(17)10-12(9-13(18)5-2)11-15(16)19-3/h4,10-11,13H,1,5-9,18H2,2-3H3. The number of allylic oxidation sites excluding steroid dienone is 1. The molecule has 0 spiro atoms. The number of benzene rings is 1. The molecule has 0 aliphatic carbocycles. The van der Waals surface area contributed by atoms with Crippen LogP contribution in [0.5, 0.6) is 11.5 Å². The van der Waals surface area contributed by atoms with E-state index in [1.54, 1.807) is 7.11 Å². The lowest BCUT2D eigenvalue weighted by Crippen LogP contribution is -2.21.